The molecule has 1 amide bonds. The largest absolute Gasteiger partial charge is 0.345 e. The molecule has 1 rings (SSSR count). The molecule has 0 saturated carbocycles. The van der Waals surface area contributed by atoms with Crippen LogP contribution in [0.1, 0.15) is 47.0 Å². The van der Waals surface area contributed by atoms with Crippen LogP contribution in [-0.4, -0.2) is 61.5 Å². The molecule has 21 heavy (non-hydrogen) atoms. The van der Waals surface area contributed by atoms with E-state index in [0.717, 1.165) is 39.1 Å². The Morgan fingerprint density at radius 1 is 1.19 bits per heavy atom. The zero-order valence-corrected chi connectivity index (χ0v) is 14.7. The van der Waals surface area contributed by atoms with Crippen LogP contribution < -0.4 is 5.32 Å². The molecule has 1 saturated heterocycles. The maximum Gasteiger partial charge on any atom is 0.228 e. The van der Waals surface area contributed by atoms with Crippen LogP contribution in [-0.2, 0) is 4.79 Å². The van der Waals surface area contributed by atoms with Gasteiger partial charge in [0.1, 0.15) is 0 Å². The minimum absolute atomic E-state index is 0.247. The molecule has 1 N–H and O–H groups in total. The molecule has 1 aliphatic heterocycles. The van der Waals surface area contributed by atoms with Gasteiger partial charge in [0.25, 0.3) is 0 Å². The molecule has 0 spiro atoms. The van der Waals surface area contributed by atoms with E-state index < -0.39 is 0 Å². The van der Waals surface area contributed by atoms with Gasteiger partial charge in [0, 0.05) is 39.3 Å². The highest BCUT2D eigenvalue weighted by Gasteiger charge is 2.34. The molecule has 4 heteroatoms. The standard InChI is InChI=1S/C17H35N3O/c1-14(2)11-20-12-16(13-20)17(21)19(5)10-8-6-7-9-18-15(3)4/h14-16,18H,6-13H2,1-5H3. The van der Waals surface area contributed by atoms with Crippen molar-refractivity contribution in [2.75, 3.05) is 39.8 Å². The summed E-state index contributed by atoms with van der Waals surface area (Å²) in [7, 11) is 1.96. The Morgan fingerprint density at radius 3 is 2.43 bits per heavy atom. The summed E-state index contributed by atoms with van der Waals surface area (Å²) < 4.78 is 0. The fraction of sp³-hybridized carbons (Fsp3) is 0.941. The van der Waals surface area contributed by atoms with E-state index >= 15 is 0 Å². The Hall–Kier alpha value is -0.610. The SMILES string of the molecule is CC(C)CN1CC(C(=O)N(C)CCCCCNC(C)C)C1. The minimum atomic E-state index is 0.247. The van der Waals surface area contributed by atoms with Gasteiger partial charge in [-0.2, -0.15) is 0 Å². The highest BCUT2D eigenvalue weighted by Crippen LogP contribution is 2.19. The number of nitrogens with one attached hydrogen (secondary N) is 1. The van der Waals surface area contributed by atoms with E-state index in [0.29, 0.717) is 17.9 Å². The summed E-state index contributed by atoms with van der Waals surface area (Å²) in [6.45, 7) is 13.8. The highest BCUT2D eigenvalue weighted by molar-refractivity contribution is 5.79. The van der Waals surface area contributed by atoms with Crippen molar-refractivity contribution in [1.82, 2.24) is 15.1 Å². The third-order valence-corrected chi connectivity index (χ3v) is 4.03. The van der Waals surface area contributed by atoms with Crippen molar-refractivity contribution in [2.24, 2.45) is 11.8 Å². The van der Waals surface area contributed by atoms with Gasteiger partial charge in [-0.1, -0.05) is 34.1 Å². The fourth-order valence-electron chi connectivity index (χ4n) is 2.85. The average Bonchev–Trinajstić information content (AvgIpc) is 2.35. The van der Waals surface area contributed by atoms with E-state index in [2.05, 4.69) is 37.9 Å². The maximum atomic E-state index is 12.3. The van der Waals surface area contributed by atoms with Gasteiger partial charge in [-0.05, 0) is 25.3 Å². The lowest BCUT2D eigenvalue weighted by molar-refractivity contribution is -0.140. The van der Waals surface area contributed by atoms with E-state index in [1.807, 2.05) is 11.9 Å². The number of hydrogen-bond donors (Lipinski definition) is 1. The number of likely N-dealkylation sites (tertiary alicyclic amines) is 1. The average molecular weight is 297 g/mol. The van der Waals surface area contributed by atoms with Crippen LogP contribution in [0.3, 0.4) is 0 Å². The quantitative estimate of drug-likeness (QED) is 0.628. The van der Waals surface area contributed by atoms with Crippen LogP contribution in [0, 0.1) is 11.8 Å². The summed E-state index contributed by atoms with van der Waals surface area (Å²) in [5.74, 6) is 1.28. The van der Waals surface area contributed by atoms with Crippen molar-refractivity contribution >= 4 is 5.91 Å². The van der Waals surface area contributed by atoms with Crippen molar-refractivity contribution in [3.63, 3.8) is 0 Å². The first-order valence-corrected chi connectivity index (χ1v) is 8.60. The molecule has 1 heterocycles. The van der Waals surface area contributed by atoms with Crippen LogP contribution in [0.25, 0.3) is 0 Å². The number of rotatable bonds is 10. The molecular formula is C17H35N3O. The van der Waals surface area contributed by atoms with Crippen LogP contribution in [0.4, 0.5) is 0 Å². The number of nitrogens with zero attached hydrogens (tertiary/aromatic N) is 2. The number of hydrogen-bond acceptors (Lipinski definition) is 3. The summed E-state index contributed by atoms with van der Waals surface area (Å²) in [6, 6.07) is 0.571. The number of carbonyl (C=O) groups excluding carboxylic acids is 1. The van der Waals surface area contributed by atoms with Gasteiger partial charge in [0.15, 0.2) is 0 Å². The number of amides is 1. The van der Waals surface area contributed by atoms with Crippen molar-refractivity contribution in [3.8, 4) is 0 Å². The van der Waals surface area contributed by atoms with Crippen LogP contribution in [0.2, 0.25) is 0 Å². The zero-order chi connectivity index (χ0) is 15.8. The Bertz CT molecular complexity index is 298. The second-order valence-corrected chi connectivity index (χ2v) is 7.24. The monoisotopic (exact) mass is 297 g/mol. The van der Waals surface area contributed by atoms with Crippen molar-refractivity contribution in [1.29, 1.82) is 0 Å². The fourth-order valence-corrected chi connectivity index (χ4v) is 2.85. The lowest BCUT2D eigenvalue weighted by Gasteiger charge is -2.40. The molecule has 0 bridgehead atoms. The van der Waals surface area contributed by atoms with Gasteiger partial charge >= 0.3 is 0 Å². The van der Waals surface area contributed by atoms with Crippen LogP contribution in [0.15, 0.2) is 0 Å². The summed E-state index contributed by atoms with van der Waals surface area (Å²) >= 11 is 0. The third-order valence-electron chi connectivity index (χ3n) is 4.03. The van der Waals surface area contributed by atoms with E-state index in [4.69, 9.17) is 0 Å². The molecule has 0 aromatic rings. The predicted octanol–water partition coefficient (Wildman–Crippen LogP) is 2.20. The molecule has 0 unspecified atom stereocenters. The molecule has 1 fully saturated rings. The maximum absolute atomic E-state index is 12.3. The first kappa shape index (κ1) is 18.4. The molecule has 0 atom stereocenters. The van der Waals surface area contributed by atoms with E-state index in [9.17, 15) is 4.79 Å². The minimum Gasteiger partial charge on any atom is -0.345 e. The first-order valence-electron chi connectivity index (χ1n) is 8.60. The Balaban J connectivity index is 2.05. The molecular weight excluding hydrogens is 262 g/mol. The van der Waals surface area contributed by atoms with Gasteiger partial charge in [-0.25, -0.2) is 0 Å². The number of carbonyl (C=O) groups is 1. The molecule has 4 nitrogen and oxygen atoms in total. The topological polar surface area (TPSA) is 35.6 Å². The second kappa shape index (κ2) is 9.42. The molecule has 0 aromatic heterocycles. The molecule has 0 radical (unpaired) electrons. The van der Waals surface area contributed by atoms with E-state index in [1.54, 1.807) is 0 Å². The van der Waals surface area contributed by atoms with Gasteiger partial charge in [0.2, 0.25) is 5.91 Å². The smallest absolute Gasteiger partial charge is 0.228 e. The van der Waals surface area contributed by atoms with E-state index in [1.165, 1.54) is 12.8 Å². The summed E-state index contributed by atoms with van der Waals surface area (Å²) in [6.07, 6.45) is 3.51. The summed E-state index contributed by atoms with van der Waals surface area (Å²) in [4.78, 5) is 16.6. The summed E-state index contributed by atoms with van der Waals surface area (Å²) in [5, 5.41) is 3.43. The lowest BCUT2D eigenvalue weighted by atomic mass is 9.97. The van der Waals surface area contributed by atoms with Gasteiger partial charge < -0.3 is 15.1 Å². The van der Waals surface area contributed by atoms with Crippen molar-refractivity contribution in [2.45, 2.75) is 53.0 Å². The lowest BCUT2D eigenvalue weighted by Crippen LogP contribution is -2.54. The molecule has 0 aromatic carbocycles. The first-order chi connectivity index (χ1) is 9.90. The molecule has 124 valence electrons. The normalized spacial score (nSPS) is 16.5. The number of unbranched alkanes of at least 4 members (excludes halogenated alkanes) is 2. The highest BCUT2D eigenvalue weighted by atomic mass is 16.2. The zero-order valence-electron chi connectivity index (χ0n) is 14.7. The summed E-state index contributed by atoms with van der Waals surface area (Å²) in [5.41, 5.74) is 0. The Labute approximate surface area is 131 Å². The van der Waals surface area contributed by atoms with Crippen LogP contribution >= 0.6 is 0 Å². The van der Waals surface area contributed by atoms with Gasteiger partial charge in [-0.3, -0.25) is 4.79 Å². The predicted molar refractivity (Wildman–Crippen MR) is 89.4 cm³/mol. The van der Waals surface area contributed by atoms with Crippen molar-refractivity contribution in [3.05, 3.63) is 0 Å². The second-order valence-electron chi connectivity index (χ2n) is 7.24. The van der Waals surface area contributed by atoms with Crippen molar-refractivity contribution < 1.29 is 4.79 Å². The van der Waals surface area contributed by atoms with E-state index in [-0.39, 0.29) is 5.92 Å². The molecule has 0 aliphatic carbocycles. The van der Waals surface area contributed by atoms with Gasteiger partial charge in [-0.15, -0.1) is 0 Å². The van der Waals surface area contributed by atoms with Gasteiger partial charge in [0.05, 0.1) is 5.92 Å². The van der Waals surface area contributed by atoms with Crippen LogP contribution in [0.5, 0.6) is 0 Å². The third kappa shape index (κ3) is 7.28. The Kier molecular flexibility index (Phi) is 8.27. The Morgan fingerprint density at radius 2 is 1.86 bits per heavy atom. The molecule has 1 aliphatic rings.